The molecule has 1 aromatic carbocycles. The van der Waals surface area contributed by atoms with Gasteiger partial charge in [-0.1, -0.05) is 17.7 Å². The Morgan fingerprint density at radius 1 is 1.10 bits per heavy atom. The first-order valence-corrected chi connectivity index (χ1v) is 8.46. The van der Waals surface area contributed by atoms with E-state index in [0.717, 1.165) is 29.6 Å². The molecule has 1 N–H and O–H groups in total. The molecule has 3 aliphatic rings. The van der Waals surface area contributed by atoms with Gasteiger partial charge in [-0.25, -0.2) is 0 Å². The van der Waals surface area contributed by atoms with Gasteiger partial charge in [-0.05, 0) is 56.6 Å². The number of anilines is 1. The lowest BCUT2D eigenvalue weighted by Gasteiger charge is -2.28. The predicted octanol–water partition coefficient (Wildman–Crippen LogP) is 3.97. The minimum atomic E-state index is 0.733. The lowest BCUT2D eigenvalue weighted by atomic mass is 10.1. The van der Waals surface area contributed by atoms with Gasteiger partial charge in [0.2, 0.25) is 0 Å². The fraction of sp³-hybridized carbons (Fsp3) is 0.647. The molecule has 3 saturated carbocycles. The zero-order valence-corrected chi connectivity index (χ0v) is 12.7. The van der Waals surface area contributed by atoms with Crippen LogP contribution in [0.1, 0.15) is 44.1 Å². The maximum Gasteiger partial charge on any atom is 0.0471 e. The van der Waals surface area contributed by atoms with Crippen LogP contribution in [0.2, 0.25) is 5.02 Å². The van der Waals surface area contributed by atoms with E-state index >= 15 is 0 Å². The molecule has 0 aromatic heterocycles. The largest absolute Gasteiger partial charge is 0.368 e. The van der Waals surface area contributed by atoms with Gasteiger partial charge in [0.25, 0.3) is 0 Å². The molecule has 108 valence electrons. The second-order valence-corrected chi connectivity index (χ2v) is 7.13. The van der Waals surface area contributed by atoms with Gasteiger partial charge in [-0.3, -0.25) is 0 Å². The minimum absolute atomic E-state index is 0.733. The van der Waals surface area contributed by atoms with Crippen LogP contribution < -0.4 is 10.2 Å². The van der Waals surface area contributed by atoms with Crippen molar-refractivity contribution in [1.29, 1.82) is 0 Å². The van der Waals surface area contributed by atoms with Gasteiger partial charge in [-0.2, -0.15) is 0 Å². The summed E-state index contributed by atoms with van der Waals surface area (Å²) in [6.45, 7) is 2.16. The summed E-state index contributed by atoms with van der Waals surface area (Å²) in [5, 5.41) is 4.55. The molecule has 0 heterocycles. The van der Waals surface area contributed by atoms with Crippen molar-refractivity contribution in [2.75, 3.05) is 11.4 Å². The highest BCUT2D eigenvalue weighted by Gasteiger charge is 2.35. The van der Waals surface area contributed by atoms with Gasteiger partial charge in [0.05, 0.1) is 0 Å². The van der Waals surface area contributed by atoms with E-state index in [-0.39, 0.29) is 0 Å². The topological polar surface area (TPSA) is 15.3 Å². The summed E-state index contributed by atoms with van der Waals surface area (Å²) in [6, 6.07) is 7.93. The first-order chi connectivity index (χ1) is 9.81. The lowest BCUT2D eigenvalue weighted by molar-refractivity contribution is 0.673. The number of benzene rings is 1. The van der Waals surface area contributed by atoms with Gasteiger partial charge in [-0.15, -0.1) is 0 Å². The molecule has 3 fully saturated rings. The van der Waals surface area contributed by atoms with E-state index < -0.39 is 0 Å². The first kappa shape index (κ1) is 13.0. The Morgan fingerprint density at radius 3 is 2.55 bits per heavy atom. The van der Waals surface area contributed by atoms with Gasteiger partial charge in [0.15, 0.2) is 0 Å². The van der Waals surface area contributed by atoms with E-state index in [2.05, 4.69) is 22.3 Å². The number of halogens is 1. The Balaban J connectivity index is 1.57. The minimum Gasteiger partial charge on any atom is -0.368 e. The number of hydrogen-bond acceptors (Lipinski definition) is 2. The Hall–Kier alpha value is -0.730. The Kier molecular flexibility index (Phi) is 3.39. The summed E-state index contributed by atoms with van der Waals surface area (Å²) in [5.74, 6) is 0.929. The highest BCUT2D eigenvalue weighted by Crippen LogP contribution is 2.40. The van der Waals surface area contributed by atoms with Crippen LogP contribution >= 0.6 is 11.6 Å². The van der Waals surface area contributed by atoms with Crippen LogP contribution in [0.15, 0.2) is 18.2 Å². The monoisotopic (exact) mass is 290 g/mol. The smallest absolute Gasteiger partial charge is 0.0471 e. The molecule has 0 radical (unpaired) electrons. The van der Waals surface area contributed by atoms with E-state index in [0.29, 0.717) is 0 Å². The molecule has 2 nitrogen and oxygen atoms in total. The number of nitrogens with zero attached hydrogens (tertiary/aromatic N) is 1. The van der Waals surface area contributed by atoms with Crippen LogP contribution in [0.3, 0.4) is 0 Å². The third kappa shape index (κ3) is 2.96. The van der Waals surface area contributed by atoms with Crippen molar-refractivity contribution in [3.05, 3.63) is 28.8 Å². The van der Waals surface area contributed by atoms with Gasteiger partial charge in [0.1, 0.15) is 0 Å². The van der Waals surface area contributed by atoms with Crippen molar-refractivity contribution in [1.82, 2.24) is 5.32 Å². The fourth-order valence-corrected chi connectivity index (χ4v) is 3.17. The third-order valence-corrected chi connectivity index (χ3v) is 5.04. The summed E-state index contributed by atoms with van der Waals surface area (Å²) >= 11 is 6.49. The molecule has 0 bridgehead atoms. The molecule has 4 rings (SSSR count). The van der Waals surface area contributed by atoms with Crippen LogP contribution in [0.5, 0.6) is 0 Å². The molecule has 3 aliphatic carbocycles. The third-order valence-electron chi connectivity index (χ3n) is 4.69. The van der Waals surface area contributed by atoms with Crippen molar-refractivity contribution >= 4 is 17.3 Å². The SMILES string of the molecule is Clc1cccc(N(CC2CC2)C2CC2)c1CNC1CC1. The zero-order chi connectivity index (χ0) is 13.5. The maximum atomic E-state index is 6.49. The summed E-state index contributed by atoms with van der Waals surface area (Å²) in [4.78, 5) is 2.65. The van der Waals surface area contributed by atoms with Crippen LogP contribution in [0, 0.1) is 5.92 Å². The molecule has 0 amide bonds. The van der Waals surface area contributed by atoms with Gasteiger partial charge < -0.3 is 10.2 Å². The Bertz CT molecular complexity index is 490. The summed E-state index contributed by atoms with van der Waals surface area (Å²) in [6.07, 6.45) is 8.20. The first-order valence-electron chi connectivity index (χ1n) is 8.08. The van der Waals surface area contributed by atoms with Crippen molar-refractivity contribution < 1.29 is 0 Å². The predicted molar refractivity (Wildman–Crippen MR) is 84.4 cm³/mol. The molecular weight excluding hydrogens is 268 g/mol. The molecule has 20 heavy (non-hydrogen) atoms. The number of hydrogen-bond donors (Lipinski definition) is 1. The van der Waals surface area contributed by atoms with Crippen LogP contribution in [-0.2, 0) is 6.54 Å². The van der Waals surface area contributed by atoms with E-state index in [9.17, 15) is 0 Å². The second-order valence-electron chi connectivity index (χ2n) is 6.72. The standard InChI is InChI=1S/C17H23ClN2/c18-16-2-1-3-17(15(16)10-19-13-6-7-13)20(14-8-9-14)11-12-4-5-12/h1-3,12-14,19H,4-11H2. The number of rotatable bonds is 7. The van der Waals surface area contributed by atoms with Gasteiger partial charge >= 0.3 is 0 Å². The van der Waals surface area contributed by atoms with E-state index in [4.69, 9.17) is 11.6 Å². The molecular formula is C17H23ClN2. The fourth-order valence-electron chi connectivity index (χ4n) is 2.93. The van der Waals surface area contributed by atoms with Crippen molar-refractivity contribution in [2.24, 2.45) is 5.92 Å². The second kappa shape index (κ2) is 5.23. The average Bonchev–Trinajstić information content (AvgIpc) is 3.25. The highest BCUT2D eigenvalue weighted by atomic mass is 35.5. The van der Waals surface area contributed by atoms with Crippen molar-refractivity contribution in [3.8, 4) is 0 Å². The summed E-state index contributed by atoms with van der Waals surface area (Å²) in [7, 11) is 0. The van der Waals surface area contributed by atoms with Crippen molar-refractivity contribution in [3.63, 3.8) is 0 Å². The number of nitrogens with one attached hydrogen (secondary N) is 1. The molecule has 1 aromatic rings. The zero-order valence-electron chi connectivity index (χ0n) is 11.9. The molecule has 0 spiro atoms. The highest BCUT2D eigenvalue weighted by molar-refractivity contribution is 6.31. The summed E-state index contributed by atoms with van der Waals surface area (Å²) < 4.78 is 0. The van der Waals surface area contributed by atoms with Crippen LogP contribution in [0.25, 0.3) is 0 Å². The van der Waals surface area contributed by atoms with E-state index in [1.807, 2.05) is 6.07 Å². The van der Waals surface area contributed by atoms with Crippen molar-refractivity contribution in [2.45, 2.75) is 57.2 Å². The normalized spacial score (nSPS) is 22.1. The molecule has 0 saturated heterocycles. The average molecular weight is 291 g/mol. The Morgan fingerprint density at radius 2 is 1.90 bits per heavy atom. The molecule has 0 unspecified atom stereocenters. The maximum absolute atomic E-state index is 6.49. The van der Waals surface area contributed by atoms with Crippen LogP contribution in [0.4, 0.5) is 5.69 Å². The quantitative estimate of drug-likeness (QED) is 0.817. The summed E-state index contributed by atoms with van der Waals surface area (Å²) in [5.41, 5.74) is 2.70. The van der Waals surface area contributed by atoms with E-state index in [1.165, 1.54) is 56.3 Å². The van der Waals surface area contributed by atoms with Crippen LogP contribution in [-0.4, -0.2) is 18.6 Å². The lowest BCUT2D eigenvalue weighted by Crippen LogP contribution is -2.30. The van der Waals surface area contributed by atoms with E-state index in [1.54, 1.807) is 0 Å². The molecule has 0 aliphatic heterocycles. The molecule has 0 atom stereocenters. The molecule has 3 heteroatoms. The van der Waals surface area contributed by atoms with Gasteiger partial charge in [0, 0.05) is 41.4 Å². The Labute approximate surface area is 126 Å².